The highest BCUT2D eigenvalue weighted by atomic mass is 16.4. The van der Waals surface area contributed by atoms with E-state index in [-0.39, 0.29) is 5.57 Å². The number of aliphatic carboxylic acids is 1. The molecule has 0 bridgehead atoms. The lowest BCUT2D eigenvalue weighted by atomic mass is 10.1. The maximum atomic E-state index is 10.8. The summed E-state index contributed by atoms with van der Waals surface area (Å²) in [5.74, 6) is -1.22. The van der Waals surface area contributed by atoms with Crippen LogP contribution < -0.4 is 4.90 Å². The molecule has 2 aromatic rings. The second kappa shape index (κ2) is 7.80. The van der Waals surface area contributed by atoms with E-state index in [1.807, 2.05) is 43.3 Å². The Bertz CT molecular complexity index is 808. The monoisotopic (exact) mass is 318 g/mol. The third kappa shape index (κ3) is 4.59. The van der Waals surface area contributed by atoms with Gasteiger partial charge in [-0.15, -0.1) is 0 Å². The Hall–Kier alpha value is -3.32. The molecule has 4 nitrogen and oxygen atoms in total. The standard InChI is InChI=1S/C20H18N2O2/c1-22(2)19-11-9-16(10-12-19)4-3-15-5-7-17(8-6-15)13-18(14-21)20(23)24/h3-13H,1-2H3,(H,23,24)/b4-3+,18-13-. The molecule has 1 N–H and O–H groups in total. The minimum Gasteiger partial charge on any atom is -0.477 e. The summed E-state index contributed by atoms with van der Waals surface area (Å²) in [6.07, 6.45) is 5.36. The predicted octanol–water partition coefficient (Wildman–Crippen LogP) is 3.91. The molecular formula is C20H18N2O2. The van der Waals surface area contributed by atoms with E-state index in [4.69, 9.17) is 10.4 Å². The first kappa shape index (κ1) is 17.0. The zero-order valence-electron chi connectivity index (χ0n) is 13.6. The first-order chi connectivity index (χ1) is 11.5. The number of hydrogen-bond acceptors (Lipinski definition) is 3. The van der Waals surface area contributed by atoms with Crippen LogP contribution in [0.5, 0.6) is 0 Å². The van der Waals surface area contributed by atoms with E-state index in [0.29, 0.717) is 5.56 Å². The van der Waals surface area contributed by atoms with Gasteiger partial charge in [-0.25, -0.2) is 4.79 Å². The van der Waals surface area contributed by atoms with Crippen LogP contribution in [0.25, 0.3) is 18.2 Å². The van der Waals surface area contributed by atoms with Crippen LogP contribution in [-0.2, 0) is 4.79 Å². The topological polar surface area (TPSA) is 64.3 Å². The van der Waals surface area contributed by atoms with Crippen LogP contribution in [0, 0.1) is 11.3 Å². The maximum absolute atomic E-state index is 10.8. The van der Waals surface area contributed by atoms with E-state index >= 15 is 0 Å². The molecule has 120 valence electrons. The second-order valence-corrected chi connectivity index (χ2v) is 5.46. The fraction of sp³-hybridized carbons (Fsp3) is 0.100. The minimum atomic E-state index is -1.22. The first-order valence-corrected chi connectivity index (χ1v) is 7.40. The largest absolute Gasteiger partial charge is 0.477 e. The summed E-state index contributed by atoms with van der Waals surface area (Å²) in [7, 11) is 4.01. The van der Waals surface area contributed by atoms with Gasteiger partial charge < -0.3 is 10.0 Å². The number of rotatable bonds is 5. The number of nitriles is 1. The molecule has 0 amide bonds. The van der Waals surface area contributed by atoms with E-state index in [2.05, 4.69) is 24.3 Å². The van der Waals surface area contributed by atoms with Crippen molar-refractivity contribution in [2.24, 2.45) is 0 Å². The average Bonchev–Trinajstić information content (AvgIpc) is 2.59. The summed E-state index contributed by atoms with van der Waals surface area (Å²) in [5.41, 5.74) is 3.65. The number of nitrogens with zero attached hydrogens (tertiary/aromatic N) is 2. The van der Waals surface area contributed by atoms with Crippen molar-refractivity contribution in [3.63, 3.8) is 0 Å². The fourth-order valence-electron chi connectivity index (χ4n) is 2.09. The third-order valence-corrected chi connectivity index (χ3v) is 3.48. The highest BCUT2D eigenvalue weighted by molar-refractivity contribution is 5.96. The lowest BCUT2D eigenvalue weighted by Gasteiger charge is -2.11. The number of hydrogen-bond donors (Lipinski definition) is 1. The van der Waals surface area contributed by atoms with E-state index in [9.17, 15) is 4.79 Å². The Morgan fingerprint density at radius 2 is 1.42 bits per heavy atom. The zero-order valence-corrected chi connectivity index (χ0v) is 13.6. The number of carbonyl (C=O) groups is 1. The Balaban J connectivity index is 2.11. The van der Waals surface area contributed by atoms with Crippen LogP contribution in [0.3, 0.4) is 0 Å². The molecule has 0 heterocycles. The SMILES string of the molecule is CN(C)c1ccc(/C=C/c2ccc(/C=C(/C#N)C(=O)O)cc2)cc1. The predicted molar refractivity (Wildman–Crippen MR) is 97.4 cm³/mol. The van der Waals surface area contributed by atoms with Gasteiger partial charge in [0.25, 0.3) is 0 Å². The van der Waals surface area contributed by atoms with E-state index in [1.54, 1.807) is 18.2 Å². The van der Waals surface area contributed by atoms with Crippen molar-refractivity contribution in [3.8, 4) is 6.07 Å². The number of benzene rings is 2. The fourth-order valence-corrected chi connectivity index (χ4v) is 2.09. The molecule has 4 heteroatoms. The van der Waals surface area contributed by atoms with Gasteiger partial charge in [0.1, 0.15) is 11.6 Å². The Morgan fingerprint density at radius 3 is 1.83 bits per heavy atom. The average molecular weight is 318 g/mol. The molecule has 0 radical (unpaired) electrons. The molecule has 0 saturated carbocycles. The van der Waals surface area contributed by atoms with Gasteiger partial charge in [-0.05, 0) is 34.9 Å². The van der Waals surface area contributed by atoms with E-state index < -0.39 is 5.97 Å². The molecule has 0 unspecified atom stereocenters. The van der Waals surface area contributed by atoms with E-state index in [1.165, 1.54) is 6.08 Å². The van der Waals surface area contributed by atoms with Gasteiger partial charge in [-0.3, -0.25) is 0 Å². The van der Waals surface area contributed by atoms with Crippen LogP contribution in [0.1, 0.15) is 16.7 Å². The molecule has 2 rings (SSSR count). The number of anilines is 1. The second-order valence-electron chi connectivity index (χ2n) is 5.46. The van der Waals surface area contributed by atoms with Crippen molar-refractivity contribution < 1.29 is 9.90 Å². The van der Waals surface area contributed by atoms with Gasteiger partial charge >= 0.3 is 5.97 Å². The molecule has 0 aromatic heterocycles. The Morgan fingerprint density at radius 1 is 0.958 bits per heavy atom. The number of carboxylic acids is 1. The van der Waals surface area contributed by atoms with Crippen molar-refractivity contribution >= 4 is 29.9 Å². The summed E-state index contributed by atoms with van der Waals surface area (Å²) >= 11 is 0. The molecule has 0 aliphatic carbocycles. The summed E-state index contributed by atoms with van der Waals surface area (Å²) in [6, 6.07) is 17.2. The maximum Gasteiger partial charge on any atom is 0.346 e. The van der Waals surface area contributed by atoms with Gasteiger partial charge in [0, 0.05) is 19.8 Å². The smallest absolute Gasteiger partial charge is 0.346 e. The van der Waals surface area contributed by atoms with Crippen molar-refractivity contribution in [3.05, 3.63) is 70.8 Å². The number of carboxylic acid groups (broad SMARTS) is 1. The van der Waals surface area contributed by atoms with Crippen molar-refractivity contribution in [2.45, 2.75) is 0 Å². The molecule has 0 aliphatic heterocycles. The minimum absolute atomic E-state index is 0.278. The highest BCUT2D eigenvalue weighted by Gasteiger charge is 2.05. The summed E-state index contributed by atoms with van der Waals surface area (Å²) in [4.78, 5) is 12.9. The van der Waals surface area contributed by atoms with Crippen LogP contribution in [0.2, 0.25) is 0 Å². The zero-order chi connectivity index (χ0) is 17.5. The molecule has 0 saturated heterocycles. The van der Waals surface area contributed by atoms with E-state index in [0.717, 1.165) is 16.8 Å². The molecule has 0 atom stereocenters. The molecule has 0 spiro atoms. The van der Waals surface area contributed by atoms with Crippen LogP contribution in [-0.4, -0.2) is 25.2 Å². The van der Waals surface area contributed by atoms with Gasteiger partial charge in [-0.2, -0.15) is 5.26 Å². The normalized spacial score (nSPS) is 11.3. The lowest BCUT2D eigenvalue weighted by molar-refractivity contribution is -0.132. The Kier molecular flexibility index (Phi) is 5.54. The van der Waals surface area contributed by atoms with Gasteiger partial charge in [-0.1, -0.05) is 48.6 Å². The summed E-state index contributed by atoms with van der Waals surface area (Å²) in [5, 5.41) is 17.6. The molecule has 24 heavy (non-hydrogen) atoms. The van der Waals surface area contributed by atoms with Gasteiger partial charge in [0.05, 0.1) is 0 Å². The van der Waals surface area contributed by atoms with Crippen LogP contribution in [0.15, 0.2) is 54.1 Å². The quantitative estimate of drug-likeness (QED) is 0.515. The van der Waals surface area contributed by atoms with Crippen LogP contribution >= 0.6 is 0 Å². The summed E-state index contributed by atoms with van der Waals surface area (Å²) < 4.78 is 0. The molecule has 0 aliphatic rings. The molecular weight excluding hydrogens is 300 g/mol. The highest BCUT2D eigenvalue weighted by Crippen LogP contribution is 2.15. The van der Waals surface area contributed by atoms with Crippen LogP contribution in [0.4, 0.5) is 5.69 Å². The first-order valence-electron chi connectivity index (χ1n) is 7.40. The van der Waals surface area contributed by atoms with Gasteiger partial charge in [0.2, 0.25) is 0 Å². The lowest BCUT2D eigenvalue weighted by Crippen LogP contribution is -2.07. The van der Waals surface area contributed by atoms with Crippen molar-refractivity contribution in [2.75, 3.05) is 19.0 Å². The molecule has 0 fully saturated rings. The van der Waals surface area contributed by atoms with Crippen molar-refractivity contribution in [1.29, 1.82) is 5.26 Å². The van der Waals surface area contributed by atoms with Gasteiger partial charge in [0.15, 0.2) is 0 Å². The third-order valence-electron chi connectivity index (χ3n) is 3.48. The van der Waals surface area contributed by atoms with Crippen molar-refractivity contribution in [1.82, 2.24) is 0 Å². The molecule has 2 aromatic carbocycles. The summed E-state index contributed by atoms with van der Waals surface area (Å²) in [6.45, 7) is 0. The Labute approximate surface area is 141 Å².